The fourth-order valence-corrected chi connectivity index (χ4v) is 4.68. The minimum atomic E-state index is 0.0335. The molecule has 1 saturated carbocycles. The van der Waals surface area contributed by atoms with E-state index < -0.39 is 0 Å². The standard InChI is InChI=1S/C22H28N4O2/c1-15-14-17(15)19-10-8-16(28-19)9-11-21(27)25-13-5-6-18(25)22-24-23-20-7-3-2-4-12-26(20)22/h8-11,15,17-18H,2-7,12-14H2,1H3. The highest BCUT2D eigenvalue weighted by Gasteiger charge is 2.36. The normalized spacial score (nSPS) is 27.2. The van der Waals surface area contributed by atoms with E-state index in [-0.39, 0.29) is 11.9 Å². The van der Waals surface area contributed by atoms with Crippen LogP contribution in [-0.2, 0) is 17.8 Å². The second-order valence-corrected chi connectivity index (χ2v) is 8.52. The monoisotopic (exact) mass is 380 g/mol. The summed E-state index contributed by atoms with van der Waals surface area (Å²) >= 11 is 0. The summed E-state index contributed by atoms with van der Waals surface area (Å²) < 4.78 is 8.16. The van der Waals surface area contributed by atoms with Crippen LogP contribution in [0, 0.1) is 5.92 Å². The zero-order valence-corrected chi connectivity index (χ0v) is 16.5. The Morgan fingerprint density at radius 3 is 2.93 bits per heavy atom. The van der Waals surface area contributed by atoms with Gasteiger partial charge in [-0.3, -0.25) is 4.79 Å². The quantitative estimate of drug-likeness (QED) is 0.749. The summed E-state index contributed by atoms with van der Waals surface area (Å²) in [5.74, 6) is 5.17. The average molecular weight is 380 g/mol. The minimum absolute atomic E-state index is 0.0335. The third-order valence-corrected chi connectivity index (χ3v) is 6.48. The summed E-state index contributed by atoms with van der Waals surface area (Å²) in [7, 11) is 0. The van der Waals surface area contributed by atoms with Gasteiger partial charge in [0.2, 0.25) is 5.91 Å². The first-order chi connectivity index (χ1) is 13.7. The van der Waals surface area contributed by atoms with Gasteiger partial charge >= 0.3 is 0 Å². The van der Waals surface area contributed by atoms with Crippen molar-refractivity contribution in [3.05, 3.63) is 41.4 Å². The lowest BCUT2D eigenvalue weighted by Crippen LogP contribution is -2.30. The third-order valence-electron chi connectivity index (χ3n) is 6.48. The van der Waals surface area contributed by atoms with E-state index >= 15 is 0 Å². The Morgan fingerprint density at radius 1 is 1.18 bits per heavy atom. The fourth-order valence-electron chi connectivity index (χ4n) is 4.68. The van der Waals surface area contributed by atoms with Gasteiger partial charge in [0.05, 0.1) is 6.04 Å². The molecule has 0 radical (unpaired) electrons. The van der Waals surface area contributed by atoms with Crippen molar-refractivity contribution in [2.24, 2.45) is 5.92 Å². The number of aromatic nitrogens is 3. The summed E-state index contributed by atoms with van der Waals surface area (Å²) in [5, 5.41) is 8.91. The van der Waals surface area contributed by atoms with Crippen molar-refractivity contribution in [2.45, 2.75) is 70.4 Å². The van der Waals surface area contributed by atoms with Crippen molar-refractivity contribution in [1.82, 2.24) is 19.7 Å². The first kappa shape index (κ1) is 17.7. The van der Waals surface area contributed by atoms with E-state index in [1.54, 1.807) is 12.2 Å². The Morgan fingerprint density at radius 2 is 2.07 bits per heavy atom. The Labute approximate surface area is 165 Å². The van der Waals surface area contributed by atoms with Crippen LogP contribution in [0.4, 0.5) is 0 Å². The van der Waals surface area contributed by atoms with E-state index in [1.807, 2.05) is 17.0 Å². The lowest BCUT2D eigenvalue weighted by atomic mass is 10.2. The van der Waals surface area contributed by atoms with Gasteiger partial charge in [-0.2, -0.15) is 0 Å². The van der Waals surface area contributed by atoms with Crippen LogP contribution in [0.25, 0.3) is 6.08 Å². The maximum atomic E-state index is 12.9. The zero-order valence-electron chi connectivity index (χ0n) is 16.5. The van der Waals surface area contributed by atoms with Crippen molar-refractivity contribution in [3.63, 3.8) is 0 Å². The predicted molar refractivity (Wildman–Crippen MR) is 106 cm³/mol. The Bertz CT molecular complexity index is 896. The molecule has 2 aliphatic heterocycles. The number of likely N-dealkylation sites (tertiary alicyclic amines) is 1. The molecule has 3 atom stereocenters. The zero-order chi connectivity index (χ0) is 19.1. The largest absolute Gasteiger partial charge is 0.461 e. The fraction of sp³-hybridized carbons (Fsp3) is 0.591. The molecule has 0 N–H and O–H groups in total. The van der Waals surface area contributed by atoms with E-state index in [1.165, 1.54) is 25.7 Å². The number of carbonyl (C=O) groups excluding carboxylic acids is 1. The lowest BCUT2D eigenvalue weighted by Gasteiger charge is -2.23. The van der Waals surface area contributed by atoms with Gasteiger partial charge in [-0.05, 0) is 56.2 Å². The van der Waals surface area contributed by atoms with Crippen molar-refractivity contribution in [2.75, 3.05) is 6.54 Å². The second-order valence-electron chi connectivity index (χ2n) is 8.52. The van der Waals surface area contributed by atoms with Crippen LogP contribution in [0.5, 0.6) is 0 Å². The smallest absolute Gasteiger partial charge is 0.247 e. The molecule has 2 aromatic heterocycles. The average Bonchev–Trinajstić information content (AvgIpc) is 3.08. The molecule has 6 heteroatoms. The Hall–Kier alpha value is -2.37. The van der Waals surface area contributed by atoms with Gasteiger partial charge < -0.3 is 13.9 Å². The summed E-state index contributed by atoms with van der Waals surface area (Å²) in [4.78, 5) is 14.9. The van der Waals surface area contributed by atoms with Gasteiger partial charge in [0.1, 0.15) is 17.3 Å². The highest BCUT2D eigenvalue weighted by molar-refractivity contribution is 5.91. The molecule has 4 heterocycles. The molecule has 2 aromatic rings. The van der Waals surface area contributed by atoms with Crippen molar-refractivity contribution in [3.8, 4) is 0 Å². The van der Waals surface area contributed by atoms with Crippen molar-refractivity contribution in [1.29, 1.82) is 0 Å². The Kier molecular flexibility index (Phi) is 4.57. The number of hydrogen-bond donors (Lipinski definition) is 0. The number of fused-ring (bicyclic) bond motifs is 1. The SMILES string of the molecule is CC1CC1c1ccc(C=CC(=O)N2CCCC2c2nnc3n2CCCCC3)o1. The van der Waals surface area contributed by atoms with Crippen LogP contribution < -0.4 is 0 Å². The summed E-state index contributed by atoms with van der Waals surface area (Å²) in [5.41, 5.74) is 0. The third kappa shape index (κ3) is 3.29. The van der Waals surface area contributed by atoms with Crippen molar-refractivity contribution < 1.29 is 9.21 Å². The molecule has 1 aliphatic carbocycles. The van der Waals surface area contributed by atoms with Gasteiger partial charge in [0, 0.05) is 31.5 Å². The van der Waals surface area contributed by atoms with Gasteiger partial charge in [0.25, 0.3) is 0 Å². The molecule has 0 spiro atoms. The summed E-state index contributed by atoms with van der Waals surface area (Å²) in [6, 6.07) is 4.04. The number of nitrogens with zero attached hydrogens (tertiary/aromatic N) is 4. The number of rotatable bonds is 4. The van der Waals surface area contributed by atoms with Gasteiger partial charge in [0.15, 0.2) is 5.82 Å². The van der Waals surface area contributed by atoms with E-state index in [0.29, 0.717) is 11.8 Å². The van der Waals surface area contributed by atoms with Gasteiger partial charge in [-0.15, -0.1) is 10.2 Å². The first-order valence-electron chi connectivity index (χ1n) is 10.7. The molecule has 148 valence electrons. The van der Waals surface area contributed by atoms with Gasteiger partial charge in [-0.25, -0.2) is 0 Å². The lowest BCUT2D eigenvalue weighted by molar-refractivity contribution is -0.127. The van der Waals surface area contributed by atoms with Crippen LogP contribution in [-0.4, -0.2) is 32.1 Å². The van der Waals surface area contributed by atoms with Crippen LogP contribution in [0.1, 0.15) is 80.6 Å². The van der Waals surface area contributed by atoms with E-state index in [9.17, 15) is 4.79 Å². The molecule has 2 fully saturated rings. The molecule has 3 unspecified atom stereocenters. The minimum Gasteiger partial charge on any atom is -0.461 e. The maximum absolute atomic E-state index is 12.9. The summed E-state index contributed by atoms with van der Waals surface area (Å²) in [6.45, 7) is 3.99. The highest BCUT2D eigenvalue weighted by atomic mass is 16.3. The highest BCUT2D eigenvalue weighted by Crippen LogP contribution is 2.47. The molecule has 3 aliphatic rings. The Balaban J connectivity index is 1.30. The molecule has 28 heavy (non-hydrogen) atoms. The molecule has 1 amide bonds. The van der Waals surface area contributed by atoms with Gasteiger partial charge in [-0.1, -0.05) is 13.3 Å². The molecule has 6 nitrogen and oxygen atoms in total. The molecule has 5 rings (SSSR count). The molecule has 0 bridgehead atoms. The maximum Gasteiger partial charge on any atom is 0.247 e. The van der Waals surface area contributed by atoms with Crippen LogP contribution >= 0.6 is 0 Å². The van der Waals surface area contributed by atoms with Crippen LogP contribution in [0.3, 0.4) is 0 Å². The molecular formula is C22H28N4O2. The molecule has 0 aromatic carbocycles. The van der Waals surface area contributed by atoms with E-state index in [0.717, 1.165) is 55.5 Å². The van der Waals surface area contributed by atoms with E-state index in [4.69, 9.17) is 4.42 Å². The topological polar surface area (TPSA) is 64.2 Å². The molecule has 1 saturated heterocycles. The summed E-state index contributed by atoms with van der Waals surface area (Å²) in [6.07, 6.45) is 11.2. The predicted octanol–water partition coefficient (Wildman–Crippen LogP) is 4.10. The number of hydrogen-bond acceptors (Lipinski definition) is 4. The van der Waals surface area contributed by atoms with Crippen LogP contribution in [0.2, 0.25) is 0 Å². The van der Waals surface area contributed by atoms with E-state index in [2.05, 4.69) is 21.7 Å². The molecular weight excluding hydrogens is 352 g/mol. The second kappa shape index (κ2) is 7.22. The first-order valence-corrected chi connectivity index (χ1v) is 10.7. The number of carbonyl (C=O) groups is 1. The van der Waals surface area contributed by atoms with Crippen molar-refractivity contribution >= 4 is 12.0 Å². The number of furan rings is 1. The van der Waals surface area contributed by atoms with Crippen LogP contribution in [0.15, 0.2) is 22.6 Å². The number of amides is 1. The number of aryl methyl sites for hydroxylation is 1.